The lowest BCUT2D eigenvalue weighted by Gasteiger charge is -2.34. The summed E-state index contributed by atoms with van der Waals surface area (Å²) >= 11 is 0.967. The zero-order chi connectivity index (χ0) is 15.0. The SMILES string of the molecule is Cc1c(C(=O)NC2(C)CCOCC2)csc1S(=O)(=O)Cl. The average molecular weight is 338 g/mol. The fraction of sp³-hybridized carbons (Fsp3) is 0.583. The number of hydrogen-bond acceptors (Lipinski definition) is 5. The van der Waals surface area contributed by atoms with Crippen molar-refractivity contribution in [3.8, 4) is 0 Å². The number of hydrogen-bond donors (Lipinski definition) is 1. The standard InChI is InChI=1S/C12H16ClNO4S2/c1-8-9(7-19-11(8)20(13,16)17)10(15)14-12(2)3-5-18-6-4-12/h7H,3-6H2,1-2H3,(H,14,15). The first-order valence-electron chi connectivity index (χ1n) is 6.16. The minimum Gasteiger partial charge on any atom is -0.381 e. The second kappa shape index (κ2) is 5.63. The first kappa shape index (κ1) is 15.8. The van der Waals surface area contributed by atoms with E-state index in [1.807, 2.05) is 6.92 Å². The molecule has 0 unspecified atom stereocenters. The van der Waals surface area contributed by atoms with Gasteiger partial charge in [-0.05, 0) is 32.3 Å². The van der Waals surface area contributed by atoms with Crippen molar-refractivity contribution in [3.05, 3.63) is 16.5 Å². The highest BCUT2D eigenvalue weighted by Crippen LogP contribution is 2.30. The topological polar surface area (TPSA) is 72.5 Å². The molecular weight excluding hydrogens is 322 g/mol. The van der Waals surface area contributed by atoms with Crippen LogP contribution in [0.4, 0.5) is 0 Å². The summed E-state index contributed by atoms with van der Waals surface area (Å²) in [6.45, 7) is 4.78. The van der Waals surface area contributed by atoms with Crippen LogP contribution >= 0.6 is 22.0 Å². The number of ether oxygens (including phenoxy) is 1. The Balaban J connectivity index is 2.20. The molecule has 1 aliphatic rings. The van der Waals surface area contributed by atoms with E-state index >= 15 is 0 Å². The Morgan fingerprint density at radius 3 is 2.55 bits per heavy atom. The molecule has 0 aromatic carbocycles. The van der Waals surface area contributed by atoms with Gasteiger partial charge in [-0.1, -0.05) is 0 Å². The zero-order valence-corrected chi connectivity index (χ0v) is 13.6. The molecule has 2 heterocycles. The third kappa shape index (κ3) is 3.33. The predicted molar refractivity (Wildman–Crippen MR) is 78.0 cm³/mol. The molecule has 20 heavy (non-hydrogen) atoms. The molecule has 5 nitrogen and oxygen atoms in total. The van der Waals surface area contributed by atoms with E-state index in [1.54, 1.807) is 6.92 Å². The van der Waals surface area contributed by atoms with Crippen LogP contribution in [-0.2, 0) is 13.8 Å². The van der Waals surface area contributed by atoms with Crippen molar-refractivity contribution in [2.24, 2.45) is 0 Å². The van der Waals surface area contributed by atoms with Gasteiger partial charge in [0.05, 0.1) is 5.56 Å². The van der Waals surface area contributed by atoms with Gasteiger partial charge < -0.3 is 10.1 Å². The summed E-state index contributed by atoms with van der Waals surface area (Å²) in [7, 11) is 1.53. The van der Waals surface area contributed by atoms with E-state index in [2.05, 4.69) is 5.32 Å². The van der Waals surface area contributed by atoms with E-state index in [0.717, 1.165) is 24.2 Å². The lowest BCUT2D eigenvalue weighted by molar-refractivity contribution is 0.0423. The molecule has 1 N–H and O–H groups in total. The Morgan fingerprint density at radius 2 is 2.05 bits per heavy atom. The molecule has 1 fully saturated rings. The van der Waals surface area contributed by atoms with E-state index < -0.39 is 9.05 Å². The molecular formula is C12H16ClNO4S2. The minimum absolute atomic E-state index is 0.0291. The van der Waals surface area contributed by atoms with Crippen LogP contribution in [0.3, 0.4) is 0 Å². The average Bonchev–Trinajstić information content (AvgIpc) is 2.71. The Bertz CT molecular complexity index is 617. The molecule has 1 aromatic heterocycles. The van der Waals surface area contributed by atoms with Crippen LogP contribution in [-0.4, -0.2) is 33.1 Å². The summed E-state index contributed by atoms with van der Waals surface area (Å²) < 4.78 is 28.0. The van der Waals surface area contributed by atoms with E-state index in [4.69, 9.17) is 15.4 Å². The fourth-order valence-corrected chi connectivity index (χ4v) is 4.70. The Labute approximate surface area is 126 Å². The zero-order valence-electron chi connectivity index (χ0n) is 11.2. The van der Waals surface area contributed by atoms with Crippen molar-refractivity contribution in [1.82, 2.24) is 5.32 Å². The third-order valence-electron chi connectivity index (χ3n) is 3.47. The van der Waals surface area contributed by atoms with E-state index in [0.29, 0.717) is 24.3 Å². The van der Waals surface area contributed by atoms with E-state index in [9.17, 15) is 13.2 Å². The number of nitrogens with one attached hydrogen (secondary N) is 1. The number of rotatable bonds is 3. The van der Waals surface area contributed by atoms with Gasteiger partial charge in [0.2, 0.25) is 0 Å². The van der Waals surface area contributed by atoms with Crippen molar-refractivity contribution in [2.75, 3.05) is 13.2 Å². The summed E-state index contributed by atoms with van der Waals surface area (Å²) in [6.07, 6.45) is 1.48. The Morgan fingerprint density at radius 1 is 1.45 bits per heavy atom. The number of thiophene rings is 1. The monoisotopic (exact) mass is 337 g/mol. The maximum atomic E-state index is 12.3. The molecule has 0 saturated carbocycles. The van der Waals surface area contributed by atoms with Crippen molar-refractivity contribution in [1.29, 1.82) is 0 Å². The van der Waals surface area contributed by atoms with Gasteiger partial charge in [-0.2, -0.15) is 0 Å². The van der Waals surface area contributed by atoms with Gasteiger partial charge in [-0.15, -0.1) is 11.3 Å². The van der Waals surface area contributed by atoms with Crippen molar-refractivity contribution in [3.63, 3.8) is 0 Å². The summed E-state index contributed by atoms with van der Waals surface area (Å²) in [6, 6.07) is 0. The molecule has 8 heteroatoms. The van der Waals surface area contributed by atoms with Crippen molar-refractivity contribution in [2.45, 2.75) is 36.4 Å². The molecule has 0 spiro atoms. The molecule has 1 saturated heterocycles. The Kier molecular flexibility index (Phi) is 4.44. The lowest BCUT2D eigenvalue weighted by Crippen LogP contribution is -2.49. The van der Waals surface area contributed by atoms with Crippen LogP contribution in [0.1, 0.15) is 35.7 Å². The number of amides is 1. The summed E-state index contributed by atoms with van der Waals surface area (Å²) in [5.41, 5.74) is 0.448. The van der Waals surface area contributed by atoms with Crippen molar-refractivity contribution >= 4 is 37.0 Å². The predicted octanol–water partition coefficient (Wildman–Crippen LogP) is 2.28. The molecule has 1 aliphatic heterocycles. The van der Waals surface area contributed by atoms with Gasteiger partial charge >= 0.3 is 0 Å². The number of carbonyl (C=O) groups excluding carboxylic acids is 1. The molecule has 0 aliphatic carbocycles. The molecule has 0 atom stereocenters. The van der Waals surface area contributed by atoms with Crippen LogP contribution in [0.5, 0.6) is 0 Å². The third-order valence-corrected chi connectivity index (χ3v) is 6.78. The smallest absolute Gasteiger partial charge is 0.271 e. The number of halogens is 1. The van der Waals surface area contributed by atoms with Crippen LogP contribution in [0.15, 0.2) is 9.59 Å². The van der Waals surface area contributed by atoms with Crippen LogP contribution in [0, 0.1) is 6.92 Å². The summed E-state index contributed by atoms with van der Waals surface area (Å²) in [5, 5.41) is 4.50. The highest BCUT2D eigenvalue weighted by atomic mass is 35.7. The minimum atomic E-state index is -3.80. The molecule has 1 amide bonds. The second-order valence-electron chi connectivity index (χ2n) is 5.13. The lowest BCUT2D eigenvalue weighted by atomic mass is 9.92. The molecule has 112 valence electrons. The van der Waals surface area contributed by atoms with Gasteiger partial charge in [0.1, 0.15) is 4.21 Å². The van der Waals surface area contributed by atoms with Gasteiger partial charge in [-0.3, -0.25) is 4.79 Å². The normalized spacial score (nSPS) is 18.8. The molecule has 2 rings (SSSR count). The quantitative estimate of drug-likeness (QED) is 0.859. The second-order valence-corrected chi connectivity index (χ2v) is 8.77. The van der Waals surface area contributed by atoms with Crippen LogP contribution in [0.2, 0.25) is 0 Å². The molecule has 0 bridgehead atoms. The summed E-state index contributed by atoms with van der Waals surface area (Å²) in [5.74, 6) is -0.269. The van der Waals surface area contributed by atoms with Crippen molar-refractivity contribution < 1.29 is 17.9 Å². The van der Waals surface area contributed by atoms with Crippen LogP contribution < -0.4 is 5.32 Å². The first-order valence-corrected chi connectivity index (χ1v) is 9.35. The first-order chi connectivity index (χ1) is 9.23. The van der Waals surface area contributed by atoms with Gasteiger partial charge in [0, 0.05) is 34.8 Å². The summed E-state index contributed by atoms with van der Waals surface area (Å²) in [4.78, 5) is 12.3. The fourth-order valence-electron chi connectivity index (χ4n) is 2.15. The van der Waals surface area contributed by atoms with Gasteiger partial charge in [-0.25, -0.2) is 8.42 Å². The highest BCUT2D eigenvalue weighted by Gasteiger charge is 2.31. The largest absolute Gasteiger partial charge is 0.381 e. The highest BCUT2D eigenvalue weighted by molar-refractivity contribution is 8.15. The van der Waals surface area contributed by atoms with Crippen LogP contribution in [0.25, 0.3) is 0 Å². The maximum Gasteiger partial charge on any atom is 0.271 e. The van der Waals surface area contributed by atoms with Gasteiger partial charge in [0.25, 0.3) is 15.0 Å². The van der Waals surface area contributed by atoms with Gasteiger partial charge in [0.15, 0.2) is 0 Å². The molecule has 0 radical (unpaired) electrons. The van der Waals surface area contributed by atoms with E-state index in [1.165, 1.54) is 5.38 Å². The number of carbonyl (C=O) groups is 1. The van der Waals surface area contributed by atoms with E-state index in [-0.39, 0.29) is 15.7 Å². The Hall–Kier alpha value is -0.630. The molecule has 1 aromatic rings. The maximum absolute atomic E-state index is 12.3.